The van der Waals surface area contributed by atoms with Gasteiger partial charge in [0.25, 0.3) is 0 Å². The number of hydrogen-bond donors (Lipinski definition) is 2. The van der Waals surface area contributed by atoms with E-state index in [1.165, 1.54) is 12.1 Å². The van der Waals surface area contributed by atoms with E-state index in [0.717, 1.165) is 43.6 Å². The van der Waals surface area contributed by atoms with Crippen molar-refractivity contribution in [3.63, 3.8) is 0 Å². The van der Waals surface area contributed by atoms with Crippen LogP contribution in [0.3, 0.4) is 0 Å². The van der Waals surface area contributed by atoms with E-state index in [0.29, 0.717) is 11.7 Å². The topological polar surface area (TPSA) is 52.9 Å². The van der Waals surface area contributed by atoms with Gasteiger partial charge in [-0.1, -0.05) is 18.2 Å². The number of benzene rings is 2. The van der Waals surface area contributed by atoms with Crippen molar-refractivity contribution in [2.45, 2.75) is 25.0 Å². The van der Waals surface area contributed by atoms with E-state index >= 15 is 0 Å². The summed E-state index contributed by atoms with van der Waals surface area (Å²) in [5.74, 6) is 0.946. The molecule has 0 amide bonds. The molecule has 1 saturated heterocycles. The summed E-state index contributed by atoms with van der Waals surface area (Å²) in [5.41, 5.74) is 1.02. The maximum Gasteiger partial charge on any atom is 0.160 e. The fraction of sp³-hybridized carbons (Fsp3) is 0.429. The maximum absolute atomic E-state index is 13.2. The van der Waals surface area contributed by atoms with Crippen LogP contribution in [0.15, 0.2) is 42.5 Å². The summed E-state index contributed by atoms with van der Waals surface area (Å²) >= 11 is 0. The van der Waals surface area contributed by atoms with Crippen LogP contribution in [0.4, 0.5) is 4.39 Å². The van der Waals surface area contributed by atoms with Gasteiger partial charge in [-0.3, -0.25) is 4.90 Å². The molecule has 0 unspecified atom stereocenters. The summed E-state index contributed by atoms with van der Waals surface area (Å²) in [7, 11) is 1.54. The van der Waals surface area contributed by atoms with Gasteiger partial charge in [0.2, 0.25) is 0 Å². The molecule has 1 saturated carbocycles. The highest BCUT2D eigenvalue weighted by atomic mass is 19.1. The predicted octanol–water partition coefficient (Wildman–Crippen LogP) is 3.27. The first-order valence-corrected chi connectivity index (χ1v) is 9.06. The van der Waals surface area contributed by atoms with Crippen molar-refractivity contribution >= 4 is 0 Å². The van der Waals surface area contributed by atoms with Crippen molar-refractivity contribution in [3.05, 3.63) is 59.4 Å². The normalized spacial score (nSPS) is 28.3. The number of aliphatic hydroxyl groups is 1. The highest BCUT2D eigenvalue weighted by Crippen LogP contribution is 2.50. The van der Waals surface area contributed by atoms with E-state index in [2.05, 4.69) is 4.90 Å². The van der Waals surface area contributed by atoms with Crippen LogP contribution in [-0.2, 0) is 12.1 Å². The Kier molecular flexibility index (Phi) is 4.37. The number of rotatable bonds is 4. The number of methoxy groups -OCH3 is 1. The Labute approximate surface area is 152 Å². The lowest BCUT2D eigenvalue weighted by Gasteiger charge is -2.31. The fourth-order valence-electron chi connectivity index (χ4n) is 4.69. The molecule has 26 heavy (non-hydrogen) atoms. The third-order valence-corrected chi connectivity index (χ3v) is 6.02. The number of fused-ring (bicyclic) bond motifs is 1. The molecule has 138 valence electrons. The molecule has 1 aliphatic heterocycles. The van der Waals surface area contributed by atoms with Gasteiger partial charge in [0.15, 0.2) is 11.5 Å². The molecule has 1 aliphatic carbocycles. The summed E-state index contributed by atoms with van der Waals surface area (Å²) in [6, 6.07) is 11.7. The minimum atomic E-state index is -0.875. The van der Waals surface area contributed by atoms with Crippen LogP contribution in [0.5, 0.6) is 11.5 Å². The van der Waals surface area contributed by atoms with Crippen LogP contribution in [0.2, 0.25) is 0 Å². The molecule has 5 heteroatoms. The van der Waals surface area contributed by atoms with Crippen molar-refractivity contribution in [2.24, 2.45) is 11.8 Å². The van der Waals surface area contributed by atoms with E-state index < -0.39 is 5.60 Å². The van der Waals surface area contributed by atoms with Crippen LogP contribution < -0.4 is 4.74 Å². The average molecular weight is 357 g/mol. The second kappa shape index (κ2) is 6.56. The Morgan fingerprint density at radius 2 is 1.96 bits per heavy atom. The maximum atomic E-state index is 13.2. The Morgan fingerprint density at radius 1 is 1.19 bits per heavy atom. The van der Waals surface area contributed by atoms with Crippen molar-refractivity contribution in [1.29, 1.82) is 0 Å². The number of hydrogen-bond acceptors (Lipinski definition) is 4. The van der Waals surface area contributed by atoms with Gasteiger partial charge in [0.1, 0.15) is 5.82 Å². The third kappa shape index (κ3) is 2.95. The summed E-state index contributed by atoms with van der Waals surface area (Å²) < 4.78 is 18.4. The first kappa shape index (κ1) is 17.3. The van der Waals surface area contributed by atoms with Crippen LogP contribution in [0.1, 0.15) is 24.0 Å². The van der Waals surface area contributed by atoms with Gasteiger partial charge >= 0.3 is 0 Å². The largest absolute Gasteiger partial charge is 0.504 e. The molecule has 2 aliphatic rings. The SMILES string of the molecule is COc1cc(CN2C[C@@H]3CC[C@@](O)(c4ccc(F)cc4)[C@@H]3C2)ccc1O. The van der Waals surface area contributed by atoms with E-state index in [-0.39, 0.29) is 17.5 Å². The minimum Gasteiger partial charge on any atom is -0.504 e. The lowest BCUT2D eigenvalue weighted by Crippen LogP contribution is -2.34. The zero-order valence-corrected chi connectivity index (χ0v) is 14.9. The lowest BCUT2D eigenvalue weighted by molar-refractivity contribution is -0.00688. The smallest absolute Gasteiger partial charge is 0.160 e. The summed E-state index contributed by atoms with van der Waals surface area (Å²) in [5, 5.41) is 21.1. The van der Waals surface area contributed by atoms with Gasteiger partial charge < -0.3 is 14.9 Å². The number of likely N-dealkylation sites (tertiary alicyclic amines) is 1. The zero-order chi connectivity index (χ0) is 18.3. The highest BCUT2D eigenvalue weighted by molar-refractivity contribution is 5.41. The molecular formula is C21H24FNO3. The van der Waals surface area contributed by atoms with Crippen molar-refractivity contribution < 1.29 is 19.3 Å². The summed E-state index contributed by atoms with van der Waals surface area (Å²) in [6.07, 6.45) is 1.71. The van der Waals surface area contributed by atoms with E-state index in [1.807, 2.05) is 12.1 Å². The number of ether oxygens (including phenoxy) is 1. The summed E-state index contributed by atoms with van der Waals surface area (Å²) in [4.78, 5) is 2.34. The molecule has 0 aromatic heterocycles. The molecule has 0 bridgehead atoms. The van der Waals surface area contributed by atoms with Gasteiger partial charge in [0, 0.05) is 25.6 Å². The number of nitrogens with zero attached hydrogens (tertiary/aromatic N) is 1. The molecule has 3 atom stereocenters. The predicted molar refractivity (Wildman–Crippen MR) is 96.4 cm³/mol. The summed E-state index contributed by atoms with van der Waals surface area (Å²) in [6.45, 7) is 2.50. The Bertz CT molecular complexity index is 794. The van der Waals surface area contributed by atoms with Gasteiger partial charge in [-0.25, -0.2) is 4.39 Å². The van der Waals surface area contributed by atoms with E-state index in [1.54, 1.807) is 25.3 Å². The van der Waals surface area contributed by atoms with Crippen LogP contribution in [0.25, 0.3) is 0 Å². The molecule has 4 rings (SSSR count). The monoisotopic (exact) mass is 357 g/mol. The molecule has 2 N–H and O–H groups in total. The number of aromatic hydroxyl groups is 1. The molecular weight excluding hydrogens is 333 g/mol. The van der Waals surface area contributed by atoms with Crippen LogP contribution in [0, 0.1) is 17.7 Å². The van der Waals surface area contributed by atoms with Crippen LogP contribution >= 0.6 is 0 Å². The lowest BCUT2D eigenvalue weighted by atomic mass is 9.82. The molecule has 1 heterocycles. The number of phenols is 1. The Balaban J connectivity index is 1.50. The molecule has 2 fully saturated rings. The third-order valence-electron chi connectivity index (χ3n) is 6.02. The van der Waals surface area contributed by atoms with Crippen molar-refractivity contribution in [2.75, 3.05) is 20.2 Å². The van der Waals surface area contributed by atoms with E-state index in [9.17, 15) is 14.6 Å². The first-order chi connectivity index (χ1) is 12.5. The highest BCUT2D eigenvalue weighted by Gasteiger charge is 2.52. The van der Waals surface area contributed by atoms with E-state index in [4.69, 9.17) is 4.74 Å². The number of phenolic OH excluding ortho intramolecular Hbond substituents is 1. The molecule has 2 aromatic carbocycles. The molecule has 0 spiro atoms. The van der Waals surface area contributed by atoms with Gasteiger partial charge in [0.05, 0.1) is 12.7 Å². The number of halogens is 1. The Morgan fingerprint density at radius 3 is 2.69 bits per heavy atom. The van der Waals surface area contributed by atoms with Crippen molar-refractivity contribution in [1.82, 2.24) is 4.90 Å². The minimum absolute atomic E-state index is 0.139. The zero-order valence-electron chi connectivity index (χ0n) is 14.9. The molecule has 2 aromatic rings. The first-order valence-electron chi connectivity index (χ1n) is 9.06. The fourth-order valence-corrected chi connectivity index (χ4v) is 4.69. The quantitative estimate of drug-likeness (QED) is 0.882. The molecule has 4 nitrogen and oxygen atoms in total. The molecule has 0 radical (unpaired) electrons. The standard InChI is InChI=1S/C21H24FNO3/c1-26-20-10-14(2-7-19(20)24)11-23-12-15-8-9-21(25,18(15)13-23)16-3-5-17(22)6-4-16/h2-7,10,15,18,24-25H,8-9,11-13H2,1H3/t15-,18+,21+/m0/s1. The second-order valence-corrected chi connectivity index (χ2v) is 7.54. The second-order valence-electron chi connectivity index (χ2n) is 7.54. The van der Waals surface area contributed by atoms with Gasteiger partial charge in [-0.15, -0.1) is 0 Å². The van der Waals surface area contributed by atoms with Crippen molar-refractivity contribution in [3.8, 4) is 11.5 Å². The average Bonchev–Trinajstić information content (AvgIpc) is 3.18. The van der Waals surface area contributed by atoms with Gasteiger partial charge in [-0.2, -0.15) is 0 Å². The Hall–Kier alpha value is -2.11. The van der Waals surface area contributed by atoms with Crippen LogP contribution in [-0.4, -0.2) is 35.3 Å². The van der Waals surface area contributed by atoms with Gasteiger partial charge in [-0.05, 0) is 54.2 Å².